The first-order chi connectivity index (χ1) is 30.1. The first-order valence-electron chi connectivity index (χ1n) is 23.9. The van der Waals surface area contributed by atoms with Gasteiger partial charge in [-0.15, -0.1) is 0 Å². The molecule has 1 fully saturated rings. The van der Waals surface area contributed by atoms with Crippen molar-refractivity contribution < 1.29 is 76.9 Å². The Balaban J connectivity index is 2.59. The van der Waals surface area contributed by atoms with Gasteiger partial charge in [0.15, 0.2) is 6.10 Å². The highest BCUT2D eigenvalue weighted by Gasteiger charge is 2.54. The van der Waals surface area contributed by atoms with Crippen LogP contribution in [0.5, 0.6) is 0 Å². The summed E-state index contributed by atoms with van der Waals surface area (Å²) in [6.07, 6.45) is 22.8. The molecule has 1 rings (SSSR count). The zero-order valence-corrected chi connectivity index (χ0v) is 40.1. The molecule has 1 unspecified atom stereocenters. The lowest BCUT2D eigenvalue weighted by Crippen LogP contribution is -2.64. The lowest BCUT2D eigenvalue weighted by molar-refractivity contribution is -0.216. The van der Waals surface area contributed by atoms with Gasteiger partial charge in [0.05, 0.1) is 6.61 Å². The number of allylic oxidation sites excluding steroid dienone is 4. The van der Waals surface area contributed by atoms with Crippen LogP contribution in [0.25, 0.3) is 0 Å². The summed E-state index contributed by atoms with van der Waals surface area (Å²) >= 11 is 0. The van der Waals surface area contributed by atoms with E-state index in [1.807, 2.05) is 0 Å². The van der Waals surface area contributed by atoms with Crippen molar-refractivity contribution in [1.29, 1.82) is 0 Å². The predicted octanol–water partition coefficient (Wildman–Crippen LogP) is 8.95. The molecule has 0 saturated heterocycles. The van der Waals surface area contributed by atoms with Crippen LogP contribution >= 0.6 is 15.6 Å². The Bertz CT molecular complexity index is 1330. The van der Waals surface area contributed by atoms with Crippen molar-refractivity contribution in [1.82, 2.24) is 0 Å². The third-order valence-electron chi connectivity index (χ3n) is 11.0. The minimum absolute atomic E-state index is 0.0307. The van der Waals surface area contributed by atoms with E-state index >= 15 is 0 Å². The summed E-state index contributed by atoms with van der Waals surface area (Å²) in [5.74, 6) is -1.21. The summed E-state index contributed by atoms with van der Waals surface area (Å²) in [6.45, 7) is 3.08. The highest BCUT2D eigenvalue weighted by Crippen LogP contribution is 2.49. The Morgan fingerprint density at radius 1 is 0.508 bits per heavy atom. The first kappa shape index (κ1) is 59.5. The fourth-order valence-electron chi connectivity index (χ4n) is 7.29. The minimum atomic E-state index is -5.36. The lowest BCUT2D eigenvalue weighted by Gasteiger charge is -2.43. The van der Waals surface area contributed by atoms with E-state index < -0.39 is 83.5 Å². The van der Waals surface area contributed by atoms with Crippen molar-refractivity contribution in [3.05, 3.63) is 24.3 Å². The number of hydrogen-bond acceptors (Lipinski definition) is 13. The van der Waals surface area contributed by atoms with Crippen LogP contribution < -0.4 is 0 Å². The molecular formula is C45H84O16P2. The third-order valence-corrected chi connectivity index (χ3v) is 12.5. The number of ether oxygens (including phenoxy) is 2. The highest BCUT2D eigenvalue weighted by atomic mass is 31.2. The fraction of sp³-hybridized carbons (Fsp3) is 0.867. The second kappa shape index (κ2) is 36.6. The van der Waals surface area contributed by atoms with E-state index in [1.54, 1.807) is 0 Å². The lowest BCUT2D eigenvalue weighted by atomic mass is 9.85. The maximum atomic E-state index is 13.0. The topological polar surface area (TPSA) is 256 Å². The van der Waals surface area contributed by atoms with Gasteiger partial charge in [0, 0.05) is 12.8 Å². The SMILES string of the molecule is CCCCC/C=C\C/C=C\CCCCCCCC(=O)O[C@H](COC(=O)CCCCCCCCCCCCCCCCC)COP(=O)(O)O[C@H]1[C@H](O)[C@@H](OP(=O)(O)O)[C@H](O)[C@@H](O)[C@H]1O. The molecule has 18 heteroatoms. The van der Waals surface area contributed by atoms with Crippen LogP contribution in [0.4, 0.5) is 0 Å². The molecule has 1 aliphatic rings. The van der Waals surface area contributed by atoms with Gasteiger partial charge < -0.3 is 44.6 Å². The van der Waals surface area contributed by atoms with Gasteiger partial charge >= 0.3 is 27.6 Å². The van der Waals surface area contributed by atoms with E-state index in [-0.39, 0.29) is 12.8 Å². The summed E-state index contributed by atoms with van der Waals surface area (Å²) in [5.41, 5.74) is 0. The van der Waals surface area contributed by atoms with Crippen LogP contribution in [0.15, 0.2) is 24.3 Å². The van der Waals surface area contributed by atoms with Gasteiger partial charge in [0.2, 0.25) is 0 Å². The number of rotatable bonds is 40. The molecule has 0 aromatic heterocycles. The average molecular weight is 943 g/mol. The number of carbonyl (C=O) groups excluding carboxylic acids is 2. The molecule has 0 amide bonds. The molecule has 370 valence electrons. The van der Waals surface area contributed by atoms with Gasteiger partial charge in [-0.1, -0.05) is 160 Å². The molecule has 1 saturated carbocycles. The van der Waals surface area contributed by atoms with Crippen molar-refractivity contribution in [2.24, 2.45) is 0 Å². The zero-order valence-electron chi connectivity index (χ0n) is 38.3. The van der Waals surface area contributed by atoms with Gasteiger partial charge in [-0.05, 0) is 44.9 Å². The number of unbranched alkanes of at least 4 members (excludes halogenated alkanes) is 22. The second-order valence-corrected chi connectivity index (χ2v) is 19.4. The molecular weight excluding hydrogens is 858 g/mol. The van der Waals surface area contributed by atoms with E-state index in [0.717, 1.165) is 70.6 Å². The molecule has 1 aliphatic carbocycles. The molecule has 0 aliphatic heterocycles. The standard InChI is InChI=1S/C45H84O16P2/c1-3-5-7-9-11-13-15-17-19-21-23-25-27-29-31-33-38(46)57-35-37(59-39(47)34-32-30-28-26-24-22-20-18-16-14-12-10-8-6-4-2)36-58-63(55,56)61-45-42(50)40(48)41(49)44(43(45)51)60-62(52,53)54/h12,14,18,20,37,40-45,48-51H,3-11,13,15-17,19,21-36H2,1-2H3,(H,55,56)(H2,52,53,54)/b14-12-,20-18-/t37-,40-,41-,42-,43-,44+,45-/m1/s1. The zero-order chi connectivity index (χ0) is 46.8. The Kier molecular flexibility index (Phi) is 34.5. The van der Waals surface area contributed by atoms with E-state index in [2.05, 4.69) is 42.7 Å². The summed E-state index contributed by atoms with van der Waals surface area (Å²) in [7, 11) is -10.7. The summed E-state index contributed by atoms with van der Waals surface area (Å²) in [6, 6.07) is 0. The molecule has 0 heterocycles. The van der Waals surface area contributed by atoms with Crippen LogP contribution in [0.1, 0.15) is 194 Å². The minimum Gasteiger partial charge on any atom is -0.462 e. The van der Waals surface area contributed by atoms with Crippen molar-refractivity contribution in [2.75, 3.05) is 13.2 Å². The molecule has 63 heavy (non-hydrogen) atoms. The van der Waals surface area contributed by atoms with E-state index in [0.29, 0.717) is 12.8 Å². The van der Waals surface area contributed by atoms with Crippen LogP contribution in [-0.2, 0) is 41.8 Å². The maximum Gasteiger partial charge on any atom is 0.472 e. The summed E-state index contributed by atoms with van der Waals surface area (Å²) in [4.78, 5) is 54.2. The highest BCUT2D eigenvalue weighted by molar-refractivity contribution is 7.47. The van der Waals surface area contributed by atoms with Crippen LogP contribution in [0.2, 0.25) is 0 Å². The number of esters is 2. The Morgan fingerprint density at radius 3 is 1.41 bits per heavy atom. The quantitative estimate of drug-likeness (QED) is 0.0131. The summed E-state index contributed by atoms with van der Waals surface area (Å²) in [5, 5.41) is 41.2. The number of aliphatic hydroxyl groups is 4. The predicted molar refractivity (Wildman–Crippen MR) is 241 cm³/mol. The first-order valence-corrected chi connectivity index (χ1v) is 26.9. The van der Waals surface area contributed by atoms with Crippen molar-refractivity contribution >= 4 is 27.6 Å². The van der Waals surface area contributed by atoms with Gasteiger partial charge in [-0.2, -0.15) is 0 Å². The van der Waals surface area contributed by atoms with Crippen LogP contribution in [0.3, 0.4) is 0 Å². The van der Waals surface area contributed by atoms with E-state index in [9.17, 15) is 44.0 Å². The largest absolute Gasteiger partial charge is 0.472 e. The van der Waals surface area contributed by atoms with Crippen molar-refractivity contribution in [2.45, 2.75) is 236 Å². The smallest absolute Gasteiger partial charge is 0.462 e. The van der Waals surface area contributed by atoms with Gasteiger partial charge in [0.1, 0.15) is 43.2 Å². The number of hydrogen-bond donors (Lipinski definition) is 7. The van der Waals surface area contributed by atoms with Crippen molar-refractivity contribution in [3.8, 4) is 0 Å². The average Bonchev–Trinajstić information content (AvgIpc) is 3.23. The van der Waals surface area contributed by atoms with Gasteiger partial charge in [0.25, 0.3) is 0 Å². The van der Waals surface area contributed by atoms with Crippen LogP contribution in [-0.4, -0.2) is 103 Å². The van der Waals surface area contributed by atoms with Crippen LogP contribution in [0, 0.1) is 0 Å². The number of phosphoric ester groups is 2. The third kappa shape index (κ3) is 31.2. The number of phosphoric acid groups is 2. The monoisotopic (exact) mass is 943 g/mol. The van der Waals surface area contributed by atoms with E-state index in [4.69, 9.17) is 28.3 Å². The molecule has 0 aromatic carbocycles. The normalized spacial score (nSPS) is 22.1. The molecule has 8 atom stereocenters. The Hall–Kier alpha value is -1.52. The maximum absolute atomic E-state index is 13.0. The molecule has 0 bridgehead atoms. The number of carbonyl (C=O) groups is 2. The van der Waals surface area contributed by atoms with Gasteiger partial charge in [-0.25, -0.2) is 9.13 Å². The molecule has 0 radical (unpaired) electrons. The van der Waals surface area contributed by atoms with Gasteiger partial charge in [-0.3, -0.25) is 23.2 Å². The summed E-state index contributed by atoms with van der Waals surface area (Å²) < 4.78 is 49.4. The Morgan fingerprint density at radius 2 is 0.921 bits per heavy atom. The van der Waals surface area contributed by atoms with E-state index in [1.165, 1.54) is 83.5 Å². The molecule has 7 N–H and O–H groups in total. The Labute approximate surface area is 377 Å². The molecule has 0 spiro atoms. The molecule has 0 aromatic rings. The number of aliphatic hydroxyl groups excluding tert-OH is 4. The van der Waals surface area contributed by atoms with Crippen molar-refractivity contribution in [3.63, 3.8) is 0 Å². The second-order valence-electron chi connectivity index (χ2n) is 16.8. The molecule has 16 nitrogen and oxygen atoms in total. The fourth-order valence-corrected chi connectivity index (χ4v) is 8.83.